The third kappa shape index (κ3) is 3.50. The van der Waals surface area contributed by atoms with Crippen molar-refractivity contribution in [3.63, 3.8) is 0 Å². The van der Waals surface area contributed by atoms with Gasteiger partial charge in [-0.1, -0.05) is 12.1 Å². The summed E-state index contributed by atoms with van der Waals surface area (Å²) in [6.45, 7) is 0.613. The lowest BCUT2D eigenvalue weighted by Crippen LogP contribution is -2.12. The highest BCUT2D eigenvalue weighted by molar-refractivity contribution is 5.25. The molecule has 1 rings (SSSR count). The molecule has 0 heterocycles. The van der Waals surface area contributed by atoms with E-state index in [0.29, 0.717) is 18.5 Å². The van der Waals surface area contributed by atoms with E-state index in [2.05, 4.69) is 5.32 Å². The van der Waals surface area contributed by atoms with Crippen LogP contribution in [0.5, 0.6) is 0 Å². The van der Waals surface area contributed by atoms with E-state index in [1.165, 1.54) is 12.1 Å². The second-order valence-electron chi connectivity index (χ2n) is 3.53. The topological polar surface area (TPSA) is 32.3 Å². The summed E-state index contributed by atoms with van der Waals surface area (Å²) >= 11 is 0. The molecule has 2 nitrogen and oxygen atoms in total. The Labute approximate surface area is 92.1 Å². The molecule has 2 N–H and O–H groups in total. The molecule has 1 atom stereocenters. The van der Waals surface area contributed by atoms with Crippen LogP contribution in [0.25, 0.3) is 0 Å². The minimum absolute atomic E-state index is 0.474. The molecule has 0 spiro atoms. The molecule has 0 bridgehead atoms. The zero-order chi connectivity index (χ0) is 12.2. The molecule has 1 aromatic carbocycles. The van der Waals surface area contributed by atoms with Crippen LogP contribution in [0.1, 0.15) is 23.7 Å². The van der Waals surface area contributed by atoms with E-state index < -0.39 is 17.8 Å². The molecule has 5 heteroatoms. The number of halogens is 3. The molecule has 0 saturated carbocycles. The number of hydrogen-bond donors (Lipinski definition) is 2. The molecule has 0 unspecified atom stereocenters. The number of alkyl halides is 3. The average Bonchev–Trinajstić information content (AvgIpc) is 2.25. The van der Waals surface area contributed by atoms with Gasteiger partial charge in [-0.3, -0.25) is 0 Å². The first-order valence-corrected chi connectivity index (χ1v) is 4.95. The fraction of sp³-hybridized carbons (Fsp3) is 0.455. The first-order chi connectivity index (χ1) is 7.45. The molecule has 0 aromatic heterocycles. The third-order valence-corrected chi connectivity index (χ3v) is 2.29. The molecule has 1 aromatic rings. The smallest absolute Gasteiger partial charge is 0.388 e. The average molecular weight is 233 g/mol. The lowest BCUT2D eigenvalue weighted by molar-refractivity contribution is -0.137. The molecular formula is C11H14F3NO. The van der Waals surface area contributed by atoms with E-state index in [9.17, 15) is 18.3 Å². The molecule has 0 aliphatic rings. The Bertz CT molecular complexity index is 321. The van der Waals surface area contributed by atoms with Gasteiger partial charge in [0.25, 0.3) is 0 Å². The summed E-state index contributed by atoms with van der Waals surface area (Å²) in [4.78, 5) is 0. The molecule has 0 saturated heterocycles. The zero-order valence-electron chi connectivity index (χ0n) is 8.88. The maximum atomic E-state index is 12.3. The Morgan fingerprint density at radius 1 is 1.25 bits per heavy atom. The Kier molecular flexibility index (Phi) is 4.32. The molecule has 16 heavy (non-hydrogen) atoms. The molecule has 0 aliphatic carbocycles. The highest BCUT2D eigenvalue weighted by Crippen LogP contribution is 2.30. The van der Waals surface area contributed by atoms with Crippen molar-refractivity contribution in [2.75, 3.05) is 13.6 Å². The highest BCUT2D eigenvalue weighted by atomic mass is 19.4. The summed E-state index contributed by atoms with van der Waals surface area (Å²) < 4.78 is 36.8. The van der Waals surface area contributed by atoms with Crippen molar-refractivity contribution in [3.8, 4) is 0 Å². The van der Waals surface area contributed by atoms with Gasteiger partial charge in [-0.25, -0.2) is 0 Å². The van der Waals surface area contributed by atoms with Crippen LogP contribution in [0.3, 0.4) is 0 Å². The minimum Gasteiger partial charge on any atom is -0.388 e. The van der Waals surface area contributed by atoms with Crippen LogP contribution in [0.2, 0.25) is 0 Å². The van der Waals surface area contributed by atoms with Gasteiger partial charge >= 0.3 is 6.18 Å². The number of nitrogens with one attached hydrogen (secondary N) is 1. The van der Waals surface area contributed by atoms with Crippen LogP contribution in [-0.4, -0.2) is 18.7 Å². The van der Waals surface area contributed by atoms with Gasteiger partial charge in [-0.15, -0.1) is 0 Å². The third-order valence-electron chi connectivity index (χ3n) is 2.29. The van der Waals surface area contributed by atoms with Crippen LogP contribution < -0.4 is 5.32 Å². The van der Waals surface area contributed by atoms with Crippen LogP contribution >= 0.6 is 0 Å². The fourth-order valence-corrected chi connectivity index (χ4v) is 1.34. The summed E-state index contributed by atoms with van der Waals surface area (Å²) in [6.07, 6.45) is -4.58. The van der Waals surface area contributed by atoms with Gasteiger partial charge < -0.3 is 10.4 Å². The molecule has 0 amide bonds. The lowest BCUT2D eigenvalue weighted by atomic mass is 10.0. The van der Waals surface area contributed by atoms with Gasteiger partial charge in [-0.05, 0) is 37.7 Å². The number of hydrogen-bond acceptors (Lipinski definition) is 2. The van der Waals surface area contributed by atoms with Gasteiger partial charge in [0, 0.05) is 0 Å². The normalized spacial score (nSPS) is 13.8. The van der Waals surface area contributed by atoms with Crippen LogP contribution in [0.4, 0.5) is 13.2 Å². The predicted octanol–water partition coefficient (Wildman–Crippen LogP) is 2.35. The van der Waals surface area contributed by atoms with Gasteiger partial charge in [0.05, 0.1) is 11.7 Å². The van der Waals surface area contributed by atoms with E-state index in [-0.39, 0.29) is 0 Å². The highest BCUT2D eigenvalue weighted by Gasteiger charge is 2.30. The summed E-state index contributed by atoms with van der Waals surface area (Å²) in [6, 6.07) is 4.59. The SMILES string of the molecule is CNCC[C@H](O)c1ccc(C(F)(F)F)cc1. The second kappa shape index (κ2) is 5.32. The van der Waals surface area contributed by atoms with Crippen LogP contribution in [0.15, 0.2) is 24.3 Å². The van der Waals surface area contributed by atoms with Crippen molar-refractivity contribution < 1.29 is 18.3 Å². The zero-order valence-corrected chi connectivity index (χ0v) is 8.88. The first-order valence-electron chi connectivity index (χ1n) is 4.95. The number of rotatable bonds is 4. The largest absolute Gasteiger partial charge is 0.416 e. The monoisotopic (exact) mass is 233 g/mol. The minimum atomic E-state index is -4.32. The summed E-state index contributed by atoms with van der Waals surface area (Å²) in [5.74, 6) is 0. The molecule has 0 radical (unpaired) electrons. The molecule has 90 valence electrons. The van der Waals surface area contributed by atoms with E-state index in [1.54, 1.807) is 7.05 Å². The fourth-order valence-electron chi connectivity index (χ4n) is 1.34. The lowest BCUT2D eigenvalue weighted by Gasteiger charge is -2.12. The summed E-state index contributed by atoms with van der Waals surface area (Å²) in [7, 11) is 1.75. The van der Waals surface area contributed by atoms with Crippen molar-refractivity contribution in [2.24, 2.45) is 0 Å². The summed E-state index contributed by atoms with van der Waals surface area (Å²) in [5.41, 5.74) is -0.194. The van der Waals surface area contributed by atoms with Crippen LogP contribution in [-0.2, 0) is 6.18 Å². The van der Waals surface area contributed by atoms with Gasteiger partial charge in [0.15, 0.2) is 0 Å². The number of benzene rings is 1. The van der Waals surface area contributed by atoms with Gasteiger partial charge in [-0.2, -0.15) is 13.2 Å². The van der Waals surface area contributed by atoms with Crippen molar-refractivity contribution in [2.45, 2.75) is 18.7 Å². The number of aliphatic hydroxyl groups excluding tert-OH is 1. The number of aliphatic hydroxyl groups is 1. The van der Waals surface area contributed by atoms with E-state index in [4.69, 9.17) is 0 Å². The van der Waals surface area contributed by atoms with Crippen LogP contribution in [0, 0.1) is 0 Å². The van der Waals surface area contributed by atoms with E-state index in [0.717, 1.165) is 12.1 Å². The Morgan fingerprint density at radius 3 is 2.25 bits per heavy atom. The van der Waals surface area contributed by atoms with Crippen molar-refractivity contribution in [1.29, 1.82) is 0 Å². The Hall–Kier alpha value is -1.07. The molecular weight excluding hydrogens is 219 g/mol. The van der Waals surface area contributed by atoms with Crippen molar-refractivity contribution >= 4 is 0 Å². The standard InChI is InChI=1S/C11H14F3NO/c1-15-7-6-10(16)8-2-4-9(5-3-8)11(12,13)14/h2-5,10,15-16H,6-7H2,1H3/t10-/m0/s1. The van der Waals surface area contributed by atoms with Crippen molar-refractivity contribution in [1.82, 2.24) is 5.32 Å². The summed E-state index contributed by atoms with van der Waals surface area (Å²) in [5, 5.41) is 12.5. The Morgan fingerprint density at radius 2 is 1.81 bits per heavy atom. The quantitative estimate of drug-likeness (QED) is 0.836. The Balaban J connectivity index is 2.71. The van der Waals surface area contributed by atoms with Gasteiger partial charge in [0.1, 0.15) is 0 Å². The first kappa shape index (κ1) is 13.0. The van der Waals surface area contributed by atoms with E-state index >= 15 is 0 Å². The van der Waals surface area contributed by atoms with Gasteiger partial charge in [0.2, 0.25) is 0 Å². The predicted molar refractivity (Wildman–Crippen MR) is 54.9 cm³/mol. The maximum absolute atomic E-state index is 12.3. The van der Waals surface area contributed by atoms with E-state index in [1.807, 2.05) is 0 Å². The molecule has 0 aliphatic heterocycles. The van der Waals surface area contributed by atoms with Crippen molar-refractivity contribution in [3.05, 3.63) is 35.4 Å². The second-order valence-corrected chi connectivity index (χ2v) is 3.53. The molecule has 0 fully saturated rings. The maximum Gasteiger partial charge on any atom is 0.416 e.